The number of hydrogen-bond donors (Lipinski definition) is 0. The van der Waals surface area contributed by atoms with Crippen LogP contribution in [0, 0.1) is 12.8 Å². The fourth-order valence-corrected chi connectivity index (χ4v) is 2.72. The maximum Gasteiger partial charge on any atom is 0.223 e. The number of carbonyl (C=O) groups excluding carboxylic acids is 1. The molecular weight excluding hydrogens is 234 g/mol. The van der Waals surface area contributed by atoms with Crippen molar-refractivity contribution in [3.8, 4) is 0 Å². The van der Waals surface area contributed by atoms with Crippen molar-refractivity contribution in [1.29, 1.82) is 0 Å². The highest BCUT2D eigenvalue weighted by Crippen LogP contribution is 2.30. The summed E-state index contributed by atoms with van der Waals surface area (Å²) in [6.45, 7) is 4.97. The van der Waals surface area contributed by atoms with Gasteiger partial charge in [-0.25, -0.2) is 0 Å². The molecular formula is C14H18ClNO. The van der Waals surface area contributed by atoms with E-state index in [1.54, 1.807) is 0 Å². The first-order chi connectivity index (χ1) is 8.13. The van der Waals surface area contributed by atoms with E-state index in [4.69, 9.17) is 11.6 Å². The number of amides is 1. The Balaban J connectivity index is 2.18. The van der Waals surface area contributed by atoms with Crippen LogP contribution < -0.4 is 0 Å². The normalized spacial score (nSPS) is 21.9. The first-order valence-corrected chi connectivity index (χ1v) is 6.58. The molecule has 92 valence electrons. The van der Waals surface area contributed by atoms with Gasteiger partial charge in [0.25, 0.3) is 0 Å². The molecule has 1 aromatic rings. The summed E-state index contributed by atoms with van der Waals surface area (Å²) in [4.78, 5) is 13.9. The number of carbonyl (C=O) groups is 1. The van der Waals surface area contributed by atoms with Crippen molar-refractivity contribution in [3.05, 3.63) is 35.4 Å². The highest BCUT2D eigenvalue weighted by molar-refractivity contribution is 6.18. The van der Waals surface area contributed by atoms with Crippen molar-refractivity contribution < 1.29 is 4.79 Å². The van der Waals surface area contributed by atoms with Crippen LogP contribution in [0.15, 0.2) is 24.3 Å². The fraction of sp³-hybridized carbons (Fsp3) is 0.500. The number of nitrogens with zero attached hydrogens (tertiary/aromatic N) is 1. The quantitative estimate of drug-likeness (QED) is 0.756. The number of halogens is 1. The number of hydrogen-bond acceptors (Lipinski definition) is 1. The van der Waals surface area contributed by atoms with Gasteiger partial charge >= 0.3 is 0 Å². The van der Waals surface area contributed by atoms with Crippen LogP contribution in [0.4, 0.5) is 0 Å². The van der Waals surface area contributed by atoms with Crippen LogP contribution in [0.2, 0.25) is 0 Å². The maximum absolute atomic E-state index is 11.9. The molecule has 1 amide bonds. The van der Waals surface area contributed by atoms with Crippen LogP contribution in [0.5, 0.6) is 0 Å². The summed E-state index contributed by atoms with van der Waals surface area (Å²) < 4.78 is 0. The van der Waals surface area contributed by atoms with Crippen molar-refractivity contribution >= 4 is 17.5 Å². The second kappa shape index (κ2) is 5.09. The summed E-state index contributed by atoms with van der Waals surface area (Å²) in [5, 5.41) is 0. The molecule has 3 heteroatoms. The zero-order valence-electron chi connectivity index (χ0n) is 10.3. The molecule has 2 unspecified atom stereocenters. The minimum atomic E-state index is 0.150. The van der Waals surface area contributed by atoms with Crippen LogP contribution in [0.3, 0.4) is 0 Å². The van der Waals surface area contributed by atoms with Gasteiger partial charge in [-0.15, -0.1) is 11.6 Å². The Morgan fingerprint density at radius 3 is 2.76 bits per heavy atom. The van der Waals surface area contributed by atoms with Gasteiger partial charge < -0.3 is 4.90 Å². The van der Waals surface area contributed by atoms with Gasteiger partial charge in [-0.05, 0) is 30.9 Å². The Morgan fingerprint density at radius 2 is 2.18 bits per heavy atom. The minimum Gasteiger partial charge on any atom is -0.336 e. The van der Waals surface area contributed by atoms with Gasteiger partial charge in [0, 0.05) is 18.8 Å². The van der Waals surface area contributed by atoms with Crippen molar-refractivity contribution in [2.75, 3.05) is 12.4 Å². The van der Waals surface area contributed by atoms with Crippen LogP contribution >= 0.6 is 11.6 Å². The lowest BCUT2D eigenvalue weighted by Crippen LogP contribution is -2.29. The predicted octanol–water partition coefficient (Wildman–Crippen LogP) is 3.14. The summed E-state index contributed by atoms with van der Waals surface area (Å²) in [5.74, 6) is 1.12. The molecule has 1 fully saturated rings. The summed E-state index contributed by atoms with van der Waals surface area (Å²) in [7, 11) is 0. The summed E-state index contributed by atoms with van der Waals surface area (Å²) >= 11 is 5.84. The third kappa shape index (κ3) is 2.47. The van der Waals surface area contributed by atoms with Gasteiger partial charge in [-0.1, -0.05) is 24.3 Å². The molecule has 1 aromatic carbocycles. The number of benzene rings is 1. The molecule has 0 spiro atoms. The average molecular weight is 252 g/mol. The summed E-state index contributed by atoms with van der Waals surface area (Å²) in [5.41, 5.74) is 2.47. The Morgan fingerprint density at radius 1 is 1.47 bits per heavy atom. The fourth-order valence-electron chi connectivity index (χ4n) is 2.51. The van der Waals surface area contributed by atoms with E-state index >= 15 is 0 Å². The molecule has 0 aliphatic carbocycles. The zero-order chi connectivity index (χ0) is 12.4. The molecule has 17 heavy (non-hydrogen) atoms. The lowest BCUT2D eigenvalue weighted by molar-refractivity contribution is -0.129. The van der Waals surface area contributed by atoms with Crippen LogP contribution in [0.1, 0.15) is 30.5 Å². The van der Waals surface area contributed by atoms with Crippen LogP contribution in [-0.2, 0) is 4.79 Å². The molecule has 0 radical (unpaired) electrons. The van der Waals surface area contributed by atoms with Gasteiger partial charge in [0.1, 0.15) is 0 Å². The summed E-state index contributed by atoms with van der Waals surface area (Å²) in [6.07, 6.45) is 0.597. The van der Waals surface area contributed by atoms with Crippen molar-refractivity contribution in [2.24, 2.45) is 5.92 Å². The standard InChI is InChI=1S/C14H18ClNO/c1-10-5-3-4-6-13(10)11(2)16-9-12(8-15)7-14(16)17/h3-6,11-12H,7-9H2,1-2H3. The lowest BCUT2D eigenvalue weighted by Gasteiger charge is -2.26. The van der Waals surface area contributed by atoms with E-state index in [0.29, 0.717) is 18.2 Å². The maximum atomic E-state index is 11.9. The Kier molecular flexibility index (Phi) is 3.72. The van der Waals surface area contributed by atoms with E-state index in [1.807, 2.05) is 17.0 Å². The first kappa shape index (κ1) is 12.4. The highest BCUT2D eigenvalue weighted by Gasteiger charge is 2.32. The topological polar surface area (TPSA) is 20.3 Å². The SMILES string of the molecule is Cc1ccccc1C(C)N1CC(CCl)CC1=O. The van der Waals surface area contributed by atoms with E-state index in [0.717, 1.165) is 6.54 Å². The summed E-state index contributed by atoms with van der Waals surface area (Å²) in [6, 6.07) is 8.39. The van der Waals surface area contributed by atoms with Gasteiger partial charge in [-0.3, -0.25) is 4.79 Å². The molecule has 2 atom stereocenters. The second-order valence-electron chi connectivity index (χ2n) is 4.80. The molecule has 1 aliphatic heterocycles. The molecule has 1 saturated heterocycles. The zero-order valence-corrected chi connectivity index (χ0v) is 11.1. The molecule has 0 bridgehead atoms. The van der Waals surface area contributed by atoms with E-state index in [9.17, 15) is 4.79 Å². The molecule has 2 rings (SSSR count). The minimum absolute atomic E-state index is 0.150. The molecule has 0 saturated carbocycles. The molecule has 1 aliphatic rings. The number of rotatable bonds is 3. The van der Waals surface area contributed by atoms with Gasteiger partial charge in [-0.2, -0.15) is 0 Å². The Bertz CT molecular complexity index is 418. The van der Waals surface area contributed by atoms with E-state index in [-0.39, 0.29) is 11.9 Å². The van der Waals surface area contributed by atoms with Gasteiger partial charge in [0.05, 0.1) is 6.04 Å². The molecule has 2 nitrogen and oxygen atoms in total. The smallest absolute Gasteiger partial charge is 0.223 e. The van der Waals surface area contributed by atoms with E-state index < -0.39 is 0 Å². The van der Waals surface area contributed by atoms with Crippen molar-refractivity contribution in [3.63, 3.8) is 0 Å². The molecule has 0 N–H and O–H groups in total. The van der Waals surface area contributed by atoms with Gasteiger partial charge in [0.2, 0.25) is 5.91 Å². The van der Waals surface area contributed by atoms with E-state index in [2.05, 4.69) is 26.0 Å². The third-order valence-electron chi connectivity index (χ3n) is 3.56. The number of alkyl halides is 1. The number of aryl methyl sites for hydroxylation is 1. The van der Waals surface area contributed by atoms with Crippen molar-refractivity contribution in [2.45, 2.75) is 26.3 Å². The van der Waals surface area contributed by atoms with Crippen molar-refractivity contribution in [1.82, 2.24) is 4.90 Å². The Hall–Kier alpha value is -1.02. The third-order valence-corrected chi connectivity index (χ3v) is 4.00. The van der Waals surface area contributed by atoms with Gasteiger partial charge in [0.15, 0.2) is 0 Å². The predicted molar refractivity (Wildman–Crippen MR) is 70.1 cm³/mol. The molecule has 1 heterocycles. The largest absolute Gasteiger partial charge is 0.336 e. The monoisotopic (exact) mass is 251 g/mol. The second-order valence-corrected chi connectivity index (χ2v) is 5.11. The molecule has 0 aromatic heterocycles. The first-order valence-electron chi connectivity index (χ1n) is 6.04. The van der Waals surface area contributed by atoms with Crippen LogP contribution in [-0.4, -0.2) is 23.2 Å². The van der Waals surface area contributed by atoms with E-state index in [1.165, 1.54) is 11.1 Å². The van der Waals surface area contributed by atoms with Crippen LogP contribution in [0.25, 0.3) is 0 Å². The number of likely N-dealkylation sites (tertiary alicyclic amines) is 1. The highest BCUT2D eigenvalue weighted by atomic mass is 35.5. The Labute approximate surface area is 108 Å². The average Bonchev–Trinajstić information content (AvgIpc) is 2.70. The lowest BCUT2D eigenvalue weighted by atomic mass is 10.0.